The number of carbonyl (C=O) groups is 2. The van der Waals surface area contributed by atoms with Gasteiger partial charge in [-0.2, -0.15) is 18.3 Å². The molecule has 8 nitrogen and oxygen atoms in total. The van der Waals surface area contributed by atoms with Crippen molar-refractivity contribution in [3.05, 3.63) is 63.4 Å². The van der Waals surface area contributed by atoms with Gasteiger partial charge < -0.3 is 15.5 Å². The Hall–Kier alpha value is -3.41. The zero-order valence-corrected chi connectivity index (χ0v) is 18.5. The number of urea groups is 1. The van der Waals surface area contributed by atoms with E-state index in [1.807, 2.05) is 6.92 Å². The second kappa shape index (κ2) is 9.22. The van der Waals surface area contributed by atoms with Crippen LogP contribution in [0.3, 0.4) is 0 Å². The summed E-state index contributed by atoms with van der Waals surface area (Å²) in [5, 5.41) is 9.62. The average Bonchev–Trinajstić information content (AvgIpc) is 3.39. The Morgan fingerprint density at radius 2 is 1.88 bits per heavy atom. The Morgan fingerprint density at radius 3 is 2.61 bits per heavy atom. The van der Waals surface area contributed by atoms with Crippen LogP contribution in [-0.2, 0) is 19.1 Å². The summed E-state index contributed by atoms with van der Waals surface area (Å²) in [6, 6.07) is 7.91. The molecule has 2 aromatic heterocycles. The number of nitrogens with one attached hydrogen (secondary N) is 2. The minimum Gasteiger partial charge on any atom is -0.350 e. The first-order valence-corrected chi connectivity index (χ1v) is 11.0. The van der Waals surface area contributed by atoms with Crippen LogP contribution in [0.5, 0.6) is 0 Å². The molecule has 0 fully saturated rings. The maximum Gasteiger partial charge on any atom is 0.435 e. The van der Waals surface area contributed by atoms with Crippen molar-refractivity contribution in [2.24, 2.45) is 0 Å². The SMILES string of the molecule is Cc1nc2c(s1)CN(C(=O)NCCNC(=O)c1cn(-c3ccccc3)nc1C(F)(F)F)CC2. The molecular formula is C21H21F3N6O2S. The van der Waals surface area contributed by atoms with Gasteiger partial charge in [0, 0.05) is 37.1 Å². The predicted molar refractivity (Wildman–Crippen MR) is 115 cm³/mol. The number of carbonyl (C=O) groups excluding carboxylic acids is 2. The van der Waals surface area contributed by atoms with Gasteiger partial charge in [0.1, 0.15) is 0 Å². The van der Waals surface area contributed by atoms with Crippen molar-refractivity contribution in [1.82, 2.24) is 30.3 Å². The third-order valence-electron chi connectivity index (χ3n) is 5.06. The van der Waals surface area contributed by atoms with Gasteiger partial charge in [-0.3, -0.25) is 4.79 Å². The van der Waals surface area contributed by atoms with Gasteiger partial charge in [-0.15, -0.1) is 11.3 Å². The Bertz CT molecular complexity index is 1160. The lowest BCUT2D eigenvalue weighted by molar-refractivity contribution is -0.141. The van der Waals surface area contributed by atoms with Crippen molar-refractivity contribution >= 4 is 23.3 Å². The van der Waals surface area contributed by atoms with Crippen LogP contribution < -0.4 is 10.6 Å². The lowest BCUT2D eigenvalue weighted by Crippen LogP contribution is -2.44. The van der Waals surface area contributed by atoms with Crippen LogP contribution in [0.25, 0.3) is 5.69 Å². The third-order valence-corrected chi connectivity index (χ3v) is 6.06. The smallest absolute Gasteiger partial charge is 0.350 e. The van der Waals surface area contributed by atoms with E-state index in [0.29, 0.717) is 25.2 Å². The van der Waals surface area contributed by atoms with Gasteiger partial charge in [0.05, 0.1) is 28.5 Å². The largest absolute Gasteiger partial charge is 0.435 e. The van der Waals surface area contributed by atoms with Crippen LogP contribution in [0.1, 0.15) is 31.6 Å². The highest BCUT2D eigenvalue weighted by Crippen LogP contribution is 2.31. The van der Waals surface area contributed by atoms with E-state index >= 15 is 0 Å². The lowest BCUT2D eigenvalue weighted by atomic mass is 10.2. The molecule has 1 aliphatic rings. The number of amides is 3. The number of halogens is 3. The lowest BCUT2D eigenvalue weighted by Gasteiger charge is -2.26. The number of rotatable bonds is 5. The summed E-state index contributed by atoms with van der Waals surface area (Å²) in [5.41, 5.74) is -0.431. The molecule has 0 saturated heterocycles. The molecule has 0 unspecified atom stereocenters. The number of fused-ring (bicyclic) bond motifs is 1. The maximum absolute atomic E-state index is 13.4. The van der Waals surface area contributed by atoms with Crippen molar-refractivity contribution in [2.45, 2.75) is 26.1 Å². The predicted octanol–water partition coefficient (Wildman–Crippen LogP) is 3.15. The van der Waals surface area contributed by atoms with Gasteiger partial charge in [-0.1, -0.05) is 18.2 Å². The van der Waals surface area contributed by atoms with E-state index in [9.17, 15) is 22.8 Å². The average molecular weight is 479 g/mol. The molecule has 3 aromatic rings. The van der Waals surface area contributed by atoms with Gasteiger partial charge >= 0.3 is 12.2 Å². The molecule has 12 heteroatoms. The molecule has 3 heterocycles. The van der Waals surface area contributed by atoms with Crippen LogP contribution in [0.2, 0.25) is 0 Å². The van der Waals surface area contributed by atoms with Crippen molar-refractivity contribution in [3.63, 3.8) is 0 Å². The molecule has 0 aliphatic carbocycles. The zero-order valence-electron chi connectivity index (χ0n) is 17.6. The number of para-hydroxylation sites is 1. The van der Waals surface area contributed by atoms with Crippen LogP contribution >= 0.6 is 11.3 Å². The van der Waals surface area contributed by atoms with Crippen LogP contribution in [0.15, 0.2) is 36.5 Å². The van der Waals surface area contributed by atoms with Gasteiger partial charge in [0.2, 0.25) is 0 Å². The van der Waals surface area contributed by atoms with E-state index in [0.717, 1.165) is 26.5 Å². The van der Waals surface area contributed by atoms with Crippen LogP contribution in [0.4, 0.5) is 18.0 Å². The summed E-state index contributed by atoms with van der Waals surface area (Å²) in [5.74, 6) is -0.915. The number of aromatic nitrogens is 3. The number of aryl methyl sites for hydroxylation is 1. The van der Waals surface area contributed by atoms with E-state index in [4.69, 9.17) is 0 Å². The topological polar surface area (TPSA) is 92.2 Å². The molecule has 0 atom stereocenters. The summed E-state index contributed by atoms with van der Waals surface area (Å²) in [6.45, 7) is 2.96. The minimum atomic E-state index is -4.79. The standard InChI is InChI=1S/C21H21F3N6O2S/c1-13-27-16-7-10-29(12-17(16)33-13)20(32)26-9-8-25-19(31)15-11-30(14-5-3-2-4-6-14)28-18(15)21(22,23)24/h2-6,11H,7-10,12H2,1H3,(H,25,31)(H,26,32). The van der Waals surface area contributed by atoms with E-state index < -0.39 is 23.3 Å². The highest BCUT2D eigenvalue weighted by Gasteiger charge is 2.39. The second-order valence-corrected chi connectivity index (χ2v) is 8.72. The number of thiazole rings is 1. The van der Waals surface area contributed by atoms with Crippen molar-refractivity contribution in [1.29, 1.82) is 0 Å². The molecule has 0 saturated carbocycles. The van der Waals surface area contributed by atoms with Gasteiger partial charge in [-0.25, -0.2) is 14.5 Å². The first-order valence-electron chi connectivity index (χ1n) is 10.2. The Kier molecular flexibility index (Phi) is 6.36. The summed E-state index contributed by atoms with van der Waals surface area (Å²) in [4.78, 5) is 32.0. The molecule has 0 bridgehead atoms. The number of alkyl halides is 3. The highest BCUT2D eigenvalue weighted by molar-refractivity contribution is 7.11. The Morgan fingerprint density at radius 1 is 1.15 bits per heavy atom. The van der Waals surface area contributed by atoms with Crippen molar-refractivity contribution in [2.75, 3.05) is 19.6 Å². The van der Waals surface area contributed by atoms with Gasteiger partial charge in [0.15, 0.2) is 5.69 Å². The fourth-order valence-electron chi connectivity index (χ4n) is 3.51. The fourth-order valence-corrected chi connectivity index (χ4v) is 4.51. The quantitative estimate of drug-likeness (QED) is 0.551. The molecule has 174 valence electrons. The van der Waals surface area contributed by atoms with E-state index in [1.165, 1.54) is 0 Å². The molecule has 33 heavy (non-hydrogen) atoms. The maximum atomic E-state index is 13.4. The molecule has 1 aromatic carbocycles. The summed E-state index contributed by atoms with van der Waals surface area (Å²) in [6.07, 6.45) is -3.06. The van der Waals surface area contributed by atoms with E-state index in [-0.39, 0.29) is 19.1 Å². The zero-order chi connectivity index (χ0) is 23.6. The Labute approximate surface area is 191 Å². The minimum absolute atomic E-state index is 0.0306. The highest BCUT2D eigenvalue weighted by atomic mass is 32.1. The first kappa shape index (κ1) is 22.8. The summed E-state index contributed by atoms with van der Waals surface area (Å²) < 4.78 is 41.3. The molecule has 1 aliphatic heterocycles. The molecule has 3 amide bonds. The molecule has 4 rings (SSSR count). The number of hydrogen-bond donors (Lipinski definition) is 2. The van der Waals surface area contributed by atoms with E-state index in [2.05, 4.69) is 20.7 Å². The Balaban J connectivity index is 1.33. The molecule has 0 spiro atoms. The van der Waals surface area contributed by atoms with Crippen LogP contribution in [0, 0.1) is 6.92 Å². The summed E-state index contributed by atoms with van der Waals surface area (Å²) in [7, 11) is 0. The van der Waals surface area contributed by atoms with Crippen molar-refractivity contribution in [3.8, 4) is 5.69 Å². The first-order chi connectivity index (χ1) is 15.7. The normalized spacial score (nSPS) is 13.5. The number of hydrogen-bond acceptors (Lipinski definition) is 5. The molecular weight excluding hydrogens is 457 g/mol. The van der Waals surface area contributed by atoms with Crippen LogP contribution in [-0.4, -0.2) is 51.2 Å². The number of benzene rings is 1. The van der Waals surface area contributed by atoms with Gasteiger partial charge in [-0.05, 0) is 19.1 Å². The van der Waals surface area contributed by atoms with E-state index in [1.54, 1.807) is 46.6 Å². The molecule has 0 radical (unpaired) electrons. The monoisotopic (exact) mass is 478 g/mol. The third kappa shape index (κ3) is 5.16. The fraction of sp³-hybridized carbons (Fsp3) is 0.333. The van der Waals surface area contributed by atoms with Gasteiger partial charge in [0.25, 0.3) is 5.91 Å². The second-order valence-electron chi connectivity index (χ2n) is 7.43. The number of nitrogens with zero attached hydrogens (tertiary/aromatic N) is 4. The molecule has 2 N–H and O–H groups in total. The summed E-state index contributed by atoms with van der Waals surface area (Å²) >= 11 is 1.56. The van der Waals surface area contributed by atoms with Crippen molar-refractivity contribution < 1.29 is 22.8 Å².